The van der Waals surface area contributed by atoms with Gasteiger partial charge in [0.15, 0.2) is 16.0 Å². The van der Waals surface area contributed by atoms with Gasteiger partial charge in [0.25, 0.3) is 11.8 Å². The van der Waals surface area contributed by atoms with Crippen LogP contribution in [0.25, 0.3) is 105 Å². The third-order valence-corrected chi connectivity index (χ3v) is 16.1. The summed E-state index contributed by atoms with van der Waals surface area (Å²) in [6.07, 6.45) is 9.16. The number of aromatic nitrogens is 9. The van der Waals surface area contributed by atoms with E-state index in [0.717, 1.165) is 124 Å². The number of nitrogens with zero attached hydrogens (tertiary/aromatic N) is 7. The van der Waals surface area contributed by atoms with Gasteiger partial charge in [0.1, 0.15) is 0 Å². The van der Waals surface area contributed by atoms with Crippen LogP contribution in [0.2, 0.25) is 0 Å². The fourth-order valence-corrected chi connectivity index (χ4v) is 11.5. The molecule has 0 spiro atoms. The average molecular weight is 1380 g/mol. The van der Waals surface area contributed by atoms with E-state index < -0.39 is 0 Å². The number of hydrogen-bond acceptors (Lipinski definition) is 11. The minimum atomic E-state index is -0.291. The van der Waals surface area contributed by atoms with Crippen LogP contribution >= 0.6 is 71.3 Å². The minimum absolute atomic E-state index is 0.0831. The van der Waals surface area contributed by atoms with Crippen LogP contribution < -0.4 is 16.4 Å². The summed E-state index contributed by atoms with van der Waals surface area (Å²) in [4.78, 5) is 65.5. The molecular weight excluding hydrogens is 1320 g/mol. The SMILES string of the molecule is CC(C)(C)NC(=O)c1ccc(-c2[nH]c3ccc(Br)cc3c2-c2ccnc(N)n2)cc1.CSc1nccc(-c2c(-c3ccc(C(=O)NC(C)(C)C)cc3)[nH]c3ccc(Br)cc23)n1.[C-]#[N+]c1ccc(-c2[nH]c3ccc(Br)cc3c2-c2ccnc(SC)n2)cc1. The van der Waals surface area contributed by atoms with Gasteiger partial charge in [-0.2, -0.15) is 0 Å². The van der Waals surface area contributed by atoms with Crippen molar-refractivity contribution in [3.8, 4) is 67.5 Å². The van der Waals surface area contributed by atoms with Crippen molar-refractivity contribution in [1.82, 2.24) is 55.5 Å². The van der Waals surface area contributed by atoms with E-state index in [1.54, 1.807) is 18.6 Å². The van der Waals surface area contributed by atoms with Gasteiger partial charge in [-0.3, -0.25) is 9.59 Å². The topological polar surface area (TPSA) is 213 Å². The zero-order chi connectivity index (χ0) is 61.7. The fourth-order valence-electron chi connectivity index (χ4n) is 9.71. The lowest BCUT2D eigenvalue weighted by Gasteiger charge is -2.20. The van der Waals surface area contributed by atoms with Crippen LogP contribution in [0.5, 0.6) is 0 Å². The summed E-state index contributed by atoms with van der Waals surface area (Å²) >= 11 is 13.7. The summed E-state index contributed by atoms with van der Waals surface area (Å²) in [6.45, 7) is 18.9. The summed E-state index contributed by atoms with van der Waals surface area (Å²) in [7, 11) is 0. The van der Waals surface area contributed by atoms with Gasteiger partial charge < -0.3 is 31.3 Å². The Bertz CT molecular complexity index is 4560. The molecule has 436 valence electrons. The maximum absolute atomic E-state index is 12.5. The van der Waals surface area contributed by atoms with Crippen molar-refractivity contribution in [3.05, 3.63) is 200 Å². The van der Waals surface area contributed by atoms with Crippen molar-refractivity contribution in [3.63, 3.8) is 0 Å². The number of benzene rings is 6. The van der Waals surface area contributed by atoms with Gasteiger partial charge in [-0.15, -0.1) is 0 Å². The second-order valence-electron chi connectivity index (χ2n) is 22.1. The number of amides is 2. The highest BCUT2D eigenvalue weighted by atomic mass is 79.9. The number of anilines is 1. The van der Waals surface area contributed by atoms with Crippen LogP contribution in [0.4, 0.5) is 11.6 Å². The van der Waals surface area contributed by atoms with E-state index in [0.29, 0.717) is 16.8 Å². The van der Waals surface area contributed by atoms with Crippen LogP contribution in [0, 0.1) is 6.57 Å². The molecule has 0 fully saturated rings. The van der Waals surface area contributed by atoms with E-state index in [9.17, 15) is 9.59 Å². The number of nitrogen functional groups attached to an aromatic ring is 1. The van der Waals surface area contributed by atoms with Crippen LogP contribution in [-0.4, -0.2) is 80.3 Å². The second-order valence-corrected chi connectivity index (χ2v) is 26.4. The number of thioether (sulfide) groups is 2. The molecule has 7 N–H and O–H groups in total. The van der Waals surface area contributed by atoms with Gasteiger partial charge in [-0.05, 0) is 168 Å². The van der Waals surface area contributed by atoms with Crippen molar-refractivity contribution < 1.29 is 9.59 Å². The summed E-state index contributed by atoms with van der Waals surface area (Å²) in [5.74, 6) is 0.0377. The summed E-state index contributed by atoms with van der Waals surface area (Å²) in [5.41, 5.74) is 21.4. The van der Waals surface area contributed by atoms with E-state index in [2.05, 4.69) is 116 Å². The molecule has 6 aromatic carbocycles. The number of carbonyl (C=O) groups excluding carboxylic acids is 2. The monoisotopic (exact) mass is 1380 g/mol. The van der Waals surface area contributed by atoms with E-state index in [-0.39, 0.29) is 28.8 Å². The number of nitrogens with one attached hydrogen (secondary N) is 5. The molecule has 20 heteroatoms. The summed E-state index contributed by atoms with van der Waals surface area (Å²) in [5, 5.41) is 10.6. The Kier molecular flexibility index (Phi) is 18.6. The highest BCUT2D eigenvalue weighted by Gasteiger charge is 2.23. The zero-order valence-corrected chi connectivity index (χ0v) is 55.0. The van der Waals surface area contributed by atoms with Gasteiger partial charge in [-0.25, -0.2) is 34.7 Å². The molecule has 0 bridgehead atoms. The predicted molar refractivity (Wildman–Crippen MR) is 366 cm³/mol. The van der Waals surface area contributed by atoms with Crippen molar-refractivity contribution >= 4 is 127 Å². The molecule has 0 unspecified atom stereocenters. The summed E-state index contributed by atoms with van der Waals surface area (Å²) < 4.78 is 2.98. The number of aromatic amines is 3. The molecular formula is C67H58Br3N13O2S2. The van der Waals surface area contributed by atoms with Crippen LogP contribution in [0.15, 0.2) is 188 Å². The number of carbonyl (C=O) groups is 2. The standard InChI is InChI=1S/C24H23BrN4OS.C23H22BrN5O.C20H13BrN4S/c1-24(2,3)29-22(30)15-7-5-14(6-8-15)21-20(19-11-12-26-23(28-19)31-4)17-13-16(25)9-10-18(17)27-21;1-23(2,3)29-21(30)14-6-4-13(5-7-14)20-19(18-10-11-26-22(25)28-18)16-12-15(24)8-9-17(16)27-20;1-22-14-6-3-12(4-7-14)19-18(17-9-10-23-20(25-17)26-2)15-11-13(21)5-8-16(15)24-19/h5-13,27H,1-4H3,(H,29,30);4-12,27H,1-3H3,(H,29,30)(H2,25,26,28);3-11,24H,2H3. The van der Waals surface area contributed by atoms with Crippen LogP contribution in [-0.2, 0) is 0 Å². The van der Waals surface area contributed by atoms with Crippen molar-refractivity contribution in [2.24, 2.45) is 0 Å². The molecule has 0 radical (unpaired) electrons. The van der Waals surface area contributed by atoms with Crippen molar-refractivity contribution in [2.45, 2.75) is 62.9 Å². The third kappa shape index (κ3) is 14.5. The van der Waals surface area contributed by atoms with Gasteiger partial charge in [0.2, 0.25) is 5.95 Å². The summed E-state index contributed by atoms with van der Waals surface area (Å²) in [6, 6.07) is 46.9. The average Bonchev–Trinajstić information content (AvgIpc) is 1.72. The van der Waals surface area contributed by atoms with Crippen molar-refractivity contribution in [2.75, 3.05) is 18.2 Å². The van der Waals surface area contributed by atoms with Gasteiger partial charge in [0.05, 0.1) is 40.7 Å². The molecule has 6 heterocycles. The van der Waals surface area contributed by atoms with E-state index in [1.807, 2.05) is 181 Å². The number of rotatable bonds is 10. The van der Waals surface area contributed by atoms with E-state index >= 15 is 0 Å². The van der Waals surface area contributed by atoms with E-state index in [1.165, 1.54) is 23.5 Å². The number of nitrogens with two attached hydrogens (primary N) is 1. The molecule has 12 aromatic rings. The smallest absolute Gasteiger partial charge is 0.251 e. The third-order valence-electron chi connectivity index (χ3n) is 13.5. The highest BCUT2D eigenvalue weighted by Crippen LogP contribution is 2.42. The first-order valence-electron chi connectivity index (χ1n) is 27.3. The number of hydrogen-bond donors (Lipinski definition) is 6. The lowest BCUT2D eigenvalue weighted by Crippen LogP contribution is -2.40. The van der Waals surface area contributed by atoms with Gasteiger partial charge >= 0.3 is 0 Å². The Morgan fingerprint density at radius 3 is 1.14 bits per heavy atom. The molecule has 2 amide bonds. The zero-order valence-electron chi connectivity index (χ0n) is 48.6. The Morgan fingerprint density at radius 2 is 0.816 bits per heavy atom. The number of halogens is 3. The number of fused-ring (bicyclic) bond motifs is 3. The molecule has 0 aliphatic rings. The maximum Gasteiger partial charge on any atom is 0.251 e. The first-order valence-corrected chi connectivity index (χ1v) is 32.1. The Balaban J connectivity index is 0.000000145. The second kappa shape index (κ2) is 26.3. The highest BCUT2D eigenvalue weighted by molar-refractivity contribution is 9.11. The lowest BCUT2D eigenvalue weighted by atomic mass is 10.0. The van der Waals surface area contributed by atoms with Gasteiger partial charge in [0, 0.05) is 104 Å². The molecule has 0 aliphatic carbocycles. The van der Waals surface area contributed by atoms with Crippen LogP contribution in [0.1, 0.15) is 62.3 Å². The molecule has 6 aromatic heterocycles. The van der Waals surface area contributed by atoms with Crippen molar-refractivity contribution in [1.29, 1.82) is 0 Å². The lowest BCUT2D eigenvalue weighted by molar-refractivity contribution is 0.0910. The molecule has 0 aliphatic heterocycles. The first-order chi connectivity index (χ1) is 41.6. The van der Waals surface area contributed by atoms with Gasteiger partial charge in [-0.1, -0.05) is 120 Å². The maximum atomic E-state index is 12.5. The Hall–Kier alpha value is -8.45. The molecule has 0 atom stereocenters. The number of H-pyrrole nitrogens is 3. The minimum Gasteiger partial charge on any atom is -0.368 e. The molecule has 15 nitrogen and oxygen atoms in total. The quantitative estimate of drug-likeness (QED) is 0.0430. The largest absolute Gasteiger partial charge is 0.368 e. The Labute approximate surface area is 537 Å². The molecule has 0 saturated heterocycles. The first kappa shape index (κ1) is 61.6. The normalized spacial score (nSPS) is 11.4. The van der Waals surface area contributed by atoms with E-state index in [4.69, 9.17) is 22.3 Å². The fraction of sp³-hybridized carbons (Fsp3) is 0.149. The van der Waals surface area contributed by atoms with Crippen LogP contribution in [0.3, 0.4) is 0 Å². The molecule has 87 heavy (non-hydrogen) atoms. The predicted octanol–water partition coefficient (Wildman–Crippen LogP) is 17.8. The Morgan fingerprint density at radius 1 is 0.483 bits per heavy atom. The molecule has 12 rings (SSSR count). The molecule has 0 saturated carbocycles.